The highest BCUT2D eigenvalue weighted by molar-refractivity contribution is 7.89. The number of hydrogen-bond donors (Lipinski definition) is 2. The van der Waals surface area contributed by atoms with Crippen LogP contribution < -0.4 is 10.0 Å². The van der Waals surface area contributed by atoms with Crippen molar-refractivity contribution in [2.24, 2.45) is 0 Å². The smallest absolute Gasteiger partial charge is 0.242 e. The van der Waals surface area contributed by atoms with E-state index in [9.17, 15) is 13.2 Å². The van der Waals surface area contributed by atoms with E-state index in [0.717, 1.165) is 11.0 Å². The van der Waals surface area contributed by atoms with Gasteiger partial charge in [-0.3, -0.25) is 4.79 Å². The van der Waals surface area contributed by atoms with E-state index in [-0.39, 0.29) is 23.9 Å². The van der Waals surface area contributed by atoms with Crippen molar-refractivity contribution < 1.29 is 13.2 Å². The summed E-state index contributed by atoms with van der Waals surface area (Å²) in [5, 5.41) is 3.07. The largest absolute Gasteiger partial charge is 0.353 e. The second-order valence-electron chi connectivity index (χ2n) is 5.96. The molecule has 0 spiro atoms. The van der Waals surface area contributed by atoms with Crippen molar-refractivity contribution in [2.75, 3.05) is 13.1 Å². The number of para-hydroxylation sites is 2. The molecule has 0 saturated carbocycles. The molecule has 27 heavy (non-hydrogen) atoms. The van der Waals surface area contributed by atoms with Gasteiger partial charge in [0.2, 0.25) is 15.9 Å². The van der Waals surface area contributed by atoms with Crippen LogP contribution in [0.4, 0.5) is 0 Å². The number of carbonyl (C=O) groups excluding carboxylic acids is 1. The minimum Gasteiger partial charge on any atom is -0.353 e. The maximum atomic E-state index is 12.4. The van der Waals surface area contributed by atoms with Gasteiger partial charge in [-0.25, -0.2) is 18.1 Å². The van der Waals surface area contributed by atoms with Crippen LogP contribution in [-0.2, 0) is 14.8 Å². The summed E-state index contributed by atoms with van der Waals surface area (Å²) in [6.45, 7) is 1.99. The first-order chi connectivity index (χ1) is 12.9. The van der Waals surface area contributed by atoms with Crippen LogP contribution in [0.5, 0.6) is 0 Å². The number of fused-ring (bicyclic) bond motifs is 1. The molecule has 3 rings (SSSR count). The number of halogens is 1. The van der Waals surface area contributed by atoms with Crippen LogP contribution in [0, 0.1) is 0 Å². The number of sulfonamides is 1. The average Bonchev–Trinajstić information content (AvgIpc) is 3.08. The standard InChI is InChI=1S/C18H19ClN4O3S/c1-13(23-12-21-16-7-2-3-8-17(16)23)18(24)20-9-10-22-27(25,26)15-6-4-5-14(19)11-15/h2-8,11-13,22H,9-10H2,1H3,(H,20,24)/t13-/m1/s1. The van der Waals surface area contributed by atoms with Gasteiger partial charge in [0.25, 0.3) is 0 Å². The predicted octanol–water partition coefficient (Wildman–Crippen LogP) is 2.35. The van der Waals surface area contributed by atoms with Crippen LogP contribution in [0.25, 0.3) is 11.0 Å². The molecule has 1 atom stereocenters. The van der Waals surface area contributed by atoms with Crippen molar-refractivity contribution >= 4 is 38.6 Å². The zero-order valence-electron chi connectivity index (χ0n) is 14.6. The van der Waals surface area contributed by atoms with E-state index in [0.29, 0.717) is 5.02 Å². The molecule has 0 saturated heterocycles. The highest BCUT2D eigenvalue weighted by Crippen LogP contribution is 2.17. The summed E-state index contributed by atoms with van der Waals surface area (Å²) in [4.78, 5) is 16.7. The molecule has 0 bridgehead atoms. The van der Waals surface area contributed by atoms with Crippen LogP contribution in [0.1, 0.15) is 13.0 Å². The third-order valence-electron chi connectivity index (χ3n) is 4.10. The van der Waals surface area contributed by atoms with Crippen molar-refractivity contribution in [1.82, 2.24) is 19.6 Å². The number of nitrogens with one attached hydrogen (secondary N) is 2. The molecule has 7 nitrogen and oxygen atoms in total. The molecule has 1 aromatic heterocycles. The second-order valence-corrected chi connectivity index (χ2v) is 8.17. The Hall–Kier alpha value is -2.42. The lowest BCUT2D eigenvalue weighted by Crippen LogP contribution is -2.37. The van der Waals surface area contributed by atoms with Crippen LogP contribution in [-0.4, -0.2) is 37.0 Å². The number of hydrogen-bond acceptors (Lipinski definition) is 4. The Morgan fingerprint density at radius 2 is 1.96 bits per heavy atom. The van der Waals surface area contributed by atoms with Gasteiger partial charge >= 0.3 is 0 Å². The molecule has 0 aliphatic carbocycles. The number of aromatic nitrogens is 2. The third-order valence-corrected chi connectivity index (χ3v) is 5.79. The van der Waals surface area contributed by atoms with E-state index >= 15 is 0 Å². The number of amides is 1. The molecule has 142 valence electrons. The molecule has 1 heterocycles. The van der Waals surface area contributed by atoms with Gasteiger partial charge in [0.1, 0.15) is 6.04 Å². The lowest BCUT2D eigenvalue weighted by molar-refractivity contribution is -0.123. The van der Waals surface area contributed by atoms with E-state index in [2.05, 4.69) is 15.0 Å². The highest BCUT2D eigenvalue weighted by atomic mass is 35.5. The maximum absolute atomic E-state index is 12.4. The van der Waals surface area contributed by atoms with Gasteiger partial charge in [-0.1, -0.05) is 29.8 Å². The fraction of sp³-hybridized carbons (Fsp3) is 0.222. The highest BCUT2D eigenvalue weighted by Gasteiger charge is 2.17. The Balaban J connectivity index is 1.55. The number of nitrogens with zero attached hydrogens (tertiary/aromatic N) is 2. The fourth-order valence-corrected chi connectivity index (χ4v) is 3.98. The Bertz CT molecular complexity index is 1070. The van der Waals surface area contributed by atoms with E-state index in [1.807, 2.05) is 24.3 Å². The zero-order valence-corrected chi connectivity index (χ0v) is 16.2. The van der Waals surface area contributed by atoms with Crippen molar-refractivity contribution in [1.29, 1.82) is 0 Å². The molecule has 2 aromatic carbocycles. The number of carbonyl (C=O) groups is 1. The SMILES string of the molecule is C[C@H](C(=O)NCCNS(=O)(=O)c1cccc(Cl)c1)n1cnc2ccccc21. The van der Waals surface area contributed by atoms with Crippen LogP contribution in [0.15, 0.2) is 59.8 Å². The minimum atomic E-state index is -3.67. The third kappa shape index (κ3) is 4.47. The van der Waals surface area contributed by atoms with E-state index in [4.69, 9.17) is 11.6 Å². The minimum absolute atomic E-state index is 0.0674. The molecule has 0 radical (unpaired) electrons. The molecule has 1 amide bonds. The van der Waals surface area contributed by atoms with E-state index < -0.39 is 16.1 Å². The fourth-order valence-electron chi connectivity index (χ4n) is 2.65. The van der Waals surface area contributed by atoms with Gasteiger partial charge in [0.15, 0.2) is 0 Å². The molecule has 2 N–H and O–H groups in total. The summed E-state index contributed by atoms with van der Waals surface area (Å²) < 4.78 is 28.6. The first-order valence-electron chi connectivity index (χ1n) is 8.33. The summed E-state index contributed by atoms with van der Waals surface area (Å²) in [5.74, 6) is -0.222. The summed E-state index contributed by atoms with van der Waals surface area (Å²) in [7, 11) is -3.67. The number of imidazole rings is 1. The molecule has 3 aromatic rings. The Morgan fingerprint density at radius 1 is 1.19 bits per heavy atom. The Morgan fingerprint density at radius 3 is 2.74 bits per heavy atom. The Labute approximate surface area is 162 Å². The van der Waals surface area contributed by atoms with Gasteiger partial charge in [-0.2, -0.15) is 0 Å². The van der Waals surface area contributed by atoms with E-state index in [1.54, 1.807) is 30.0 Å². The van der Waals surface area contributed by atoms with Gasteiger partial charge in [-0.05, 0) is 37.3 Å². The van der Waals surface area contributed by atoms with Gasteiger partial charge in [-0.15, -0.1) is 0 Å². The van der Waals surface area contributed by atoms with Crippen molar-refractivity contribution in [3.05, 3.63) is 59.9 Å². The molecule has 0 fully saturated rings. The quantitative estimate of drug-likeness (QED) is 0.589. The van der Waals surface area contributed by atoms with E-state index in [1.165, 1.54) is 12.1 Å². The normalized spacial score (nSPS) is 12.8. The predicted molar refractivity (Wildman–Crippen MR) is 104 cm³/mol. The van der Waals surface area contributed by atoms with Crippen LogP contribution >= 0.6 is 11.6 Å². The Kier molecular flexibility index (Phi) is 5.79. The monoisotopic (exact) mass is 406 g/mol. The van der Waals surface area contributed by atoms with Gasteiger partial charge < -0.3 is 9.88 Å². The van der Waals surface area contributed by atoms with Gasteiger partial charge in [0, 0.05) is 18.1 Å². The van der Waals surface area contributed by atoms with Gasteiger partial charge in [0.05, 0.1) is 22.3 Å². The average molecular weight is 407 g/mol. The van der Waals surface area contributed by atoms with Crippen molar-refractivity contribution in [3.63, 3.8) is 0 Å². The molecular weight excluding hydrogens is 388 g/mol. The molecular formula is C18H19ClN4O3S. The van der Waals surface area contributed by atoms with Crippen LogP contribution in [0.3, 0.4) is 0 Å². The number of benzene rings is 2. The summed E-state index contributed by atoms with van der Waals surface area (Å²) in [6, 6.07) is 13.1. The summed E-state index contributed by atoms with van der Waals surface area (Å²) in [6.07, 6.45) is 1.62. The second kappa shape index (κ2) is 8.08. The van der Waals surface area contributed by atoms with Crippen LogP contribution in [0.2, 0.25) is 5.02 Å². The summed E-state index contributed by atoms with van der Waals surface area (Å²) in [5.41, 5.74) is 1.67. The molecule has 0 aliphatic rings. The molecule has 9 heteroatoms. The lowest BCUT2D eigenvalue weighted by atomic mass is 10.2. The topological polar surface area (TPSA) is 93.1 Å². The van der Waals surface area contributed by atoms with Crippen molar-refractivity contribution in [2.45, 2.75) is 17.9 Å². The molecule has 0 aliphatic heterocycles. The molecule has 0 unspecified atom stereocenters. The van der Waals surface area contributed by atoms with Crippen molar-refractivity contribution in [3.8, 4) is 0 Å². The summed E-state index contributed by atoms with van der Waals surface area (Å²) >= 11 is 5.82. The lowest BCUT2D eigenvalue weighted by Gasteiger charge is -2.15. The first kappa shape index (κ1) is 19.3. The zero-order chi connectivity index (χ0) is 19.4. The maximum Gasteiger partial charge on any atom is 0.242 e. The number of rotatable bonds is 7. The first-order valence-corrected chi connectivity index (χ1v) is 10.2.